The van der Waals surface area contributed by atoms with Crippen LogP contribution in [0.25, 0.3) is 11.0 Å². The number of aromatic nitrogens is 3. The summed E-state index contributed by atoms with van der Waals surface area (Å²) in [5, 5.41) is 11.4. The molecule has 0 spiro atoms. The number of hydrogen-bond donors (Lipinski definition) is 1. The number of nitrogens with one attached hydrogen (secondary N) is 1. The molecule has 0 bridgehead atoms. The molecule has 0 saturated carbocycles. The second-order valence-electron chi connectivity index (χ2n) is 3.98. The van der Waals surface area contributed by atoms with Crippen LogP contribution in [0.4, 0.5) is 0 Å². The molecule has 1 heterocycles. The van der Waals surface area contributed by atoms with E-state index >= 15 is 0 Å². The Morgan fingerprint density at radius 3 is 2.87 bits per heavy atom. The molecule has 0 radical (unpaired) electrons. The summed E-state index contributed by atoms with van der Waals surface area (Å²) in [6, 6.07) is 6.59. The molecule has 0 aliphatic rings. The van der Waals surface area contributed by atoms with Crippen LogP contribution in [-0.2, 0) is 6.54 Å². The van der Waals surface area contributed by atoms with Gasteiger partial charge in [0.1, 0.15) is 5.52 Å². The van der Waals surface area contributed by atoms with Crippen LogP contribution in [0.5, 0.6) is 0 Å². The number of fused-ring (bicyclic) bond motifs is 1. The van der Waals surface area contributed by atoms with Crippen LogP contribution in [0.2, 0.25) is 0 Å². The molecule has 4 nitrogen and oxygen atoms in total. The maximum absolute atomic E-state index is 4.14. The molecule has 1 N–H and O–H groups in total. The summed E-state index contributed by atoms with van der Waals surface area (Å²) < 4.78 is 1.95. The topological polar surface area (TPSA) is 42.7 Å². The monoisotopic (exact) mass is 204 g/mol. The highest BCUT2D eigenvalue weighted by Gasteiger charge is 2.07. The predicted molar refractivity (Wildman–Crippen MR) is 60.7 cm³/mol. The van der Waals surface area contributed by atoms with Gasteiger partial charge in [-0.15, -0.1) is 5.10 Å². The van der Waals surface area contributed by atoms with E-state index in [-0.39, 0.29) is 0 Å². The van der Waals surface area contributed by atoms with Crippen molar-refractivity contribution in [1.29, 1.82) is 0 Å². The fourth-order valence-electron chi connectivity index (χ4n) is 1.68. The Hall–Kier alpha value is -1.42. The summed E-state index contributed by atoms with van der Waals surface area (Å²) in [4.78, 5) is 0. The standard InChI is InChI=1S/C11H16N4/c1-8(2)15-11-6-9(7-12-3)4-5-10(11)13-14-15/h4-6,8,12H,7H2,1-3H3. The molecule has 0 atom stereocenters. The highest BCUT2D eigenvalue weighted by Crippen LogP contribution is 2.16. The highest BCUT2D eigenvalue weighted by atomic mass is 15.4. The fraction of sp³-hybridized carbons (Fsp3) is 0.455. The first-order valence-corrected chi connectivity index (χ1v) is 5.21. The molecule has 2 rings (SSSR count). The van der Waals surface area contributed by atoms with Gasteiger partial charge in [-0.3, -0.25) is 0 Å². The van der Waals surface area contributed by atoms with Crippen LogP contribution in [0.3, 0.4) is 0 Å². The van der Waals surface area contributed by atoms with E-state index in [1.165, 1.54) is 5.56 Å². The number of hydrogen-bond acceptors (Lipinski definition) is 3. The Kier molecular flexibility index (Phi) is 2.68. The lowest BCUT2D eigenvalue weighted by atomic mass is 10.2. The van der Waals surface area contributed by atoms with Crippen molar-refractivity contribution in [2.24, 2.45) is 0 Å². The quantitative estimate of drug-likeness (QED) is 0.828. The number of benzene rings is 1. The van der Waals surface area contributed by atoms with E-state index in [0.29, 0.717) is 6.04 Å². The van der Waals surface area contributed by atoms with Crippen molar-refractivity contribution in [2.45, 2.75) is 26.4 Å². The molecule has 15 heavy (non-hydrogen) atoms. The van der Waals surface area contributed by atoms with E-state index in [0.717, 1.165) is 17.6 Å². The lowest BCUT2D eigenvalue weighted by Crippen LogP contribution is -2.06. The SMILES string of the molecule is CNCc1ccc2nnn(C(C)C)c2c1. The molecular weight excluding hydrogens is 188 g/mol. The van der Waals surface area contributed by atoms with Gasteiger partial charge in [-0.05, 0) is 38.6 Å². The number of rotatable bonds is 3. The van der Waals surface area contributed by atoms with Crippen molar-refractivity contribution < 1.29 is 0 Å². The van der Waals surface area contributed by atoms with E-state index in [1.54, 1.807) is 0 Å². The van der Waals surface area contributed by atoms with Gasteiger partial charge in [0.15, 0.2) is 0 Å². The Balaban J connectivity index is 2.51. The van der Waals surface area contributed by atoms with E-state index in [1.807, 2.05) is 17.8 Å². The van der Waals surface area contributed by atoms with Gasteiger partial charge in [-0.1, -0.05) is 11.3 Å². The van der Waals surface area contributed by atoms with Crippen molar-refractivity contribution in [2.75, 3.05) is 7.05 Å². The van der Waals surface area contributed by atoms with E-state index in [2.05, 4.69) is 41.6 Å². The minimum absolute atomic E-state index is 0.347. The average molecular weight is 204 g/mol. The van der Waals surface area contributed by atoms with Gasteiger partial charge in [0, 0.05) is 12.6 Å². The van der Waals surface area contributed by atoms with Gasteiger partial charge in [0.2, 0.25) is 0 Å². The van der Waals surface area contributed by atoms with Crippen LogP contribution in [0, 0.1) is 0 Å². The maximum atomic E-state index is 4.14. The number of nitrogens with zero attached hydrogens (tertiary/aromatic N) is 3. The molecule has 0 unspecified atom stereocenters. The van der Waals surface area contributed by atoms with Gasteiger partial charge in [0.25, 0.3) is 0 Å². The normalized spacial score (nSPS) is 11.5. The van der Waals surface area contributed by atoms with Crippen LogP contribution in [0.15, 0.2) is 18.2 Å². The third kappa shape index (κ3) is 1.85. The molecule has 80 valence electrons. The zero-order valence-electron chi connectivity index (χ0n) is 9.36. The largest absolute Gasteiger partial charge is 0.316 e. The molecule has 1 aromatic carbocycles. The molecule has 0 amide bonds. The van der Waals surface area contributed by atoms with E-state index in [9.17, 15) is 0 Å². The first-order chi connectivity index (χ1) is 7.22. The maximum Gasteiger partial charge on any atom is 0.113 e. The van der Waals surface area contributed by atoms with Gasteiger partial charge in [-0.25, -0.2) is 4.68 Å². The predicted octanol–water partition coefficient (Wildman–Crippen LogP) is 1.73. The van der Waals surface area contributed by atoms with Gasteiger partial charge < -0.3 is 5.32 Å². The minimum atomic E-state index is 0.347. The lowest BCUT2D eigenvalue weighted by Gasteiger charge is -2.06. The smallest absolute Gasteiger partial charge is 0.113 e. The molecule has 0 aliphatic carbocycles. The van der Waals surface area contributed by atoms with Crippen LogP contribution < -0.4 is 5.32 Å². The van der Waals surface area contributed by atoms with Crippen molar-refractivity contribution in [1.82, 2.24) is 20.3 Å². The molecule has 0 saturated heterocycles. The first-order valence-electron chi connectivity index (χ1n) is 5.21. The molecule has 0 aliphatic heterocycles. The summed E-state index contributed by atoms with van der Waals surface area (Å²) in [6.07, 6.45) is 0. The van der Waals surface area contributed by atoms with Crippen molar-refractivity contribution in [3.05, 3.63) is 23.8 Å². The summed E-state index contributed by atoms with van der Waals surface area (Å²) in [5.74, 6) is 0. The summed E-state index contributed by atoms with van der Waals surface area (Å²) >= 11 is 0. The fourth-order valence-corrected chi connectivity index (χ4v) is 1.68. The van der Waals surface area contributed by atoms with Crippen LogP contribution in [-0.4, -0.2) is 22.0 Å². The second kappa shape index (κ2) is 3.98. The van der Waals surface area contributed by atoms with E-state index < -0.39 is 0 Å². The van der Waals surface area contributed by atoms with Crippen LogP contribution >= 0.6 is 0 Å². The molecule has 2 aromatic rings. The molecule has 1 aromatic heterocycles. The van der Waals surface area contributed by atoms with Gasteiger partial charge in [0.05, 0.1) is 5.52 Å². The molecular formula is C11H16N4. The highest BCUT2D eigenvalue weighted by molar-refractivity contribution is 5.75. The summed E-state index contributed by atoms with van der Waals surface area (Å²) in [6.45, 7) is 5.09. The zero-order chi connectivity index (χ0) is 10.8. The Morgan fingerprint density at radius 1 is 1.40 bits per heavy atom. The Labute approximate surface area is 89.3 Å². The van der Waals surface area contributed by atoms with Gasteiger partial charge in [-0.2, -0.15) is 0 Å². The average Bonchev–Trinajstić information content (AvgIpc) is 2.61. The lowest BCUT2D eigenvalue weighted by molar-refractivity contribution is 0.530. The third-order valence-corrected chi connectivity index (χ3v) is 2.41. The molecule has 4 heteroatoms. The van der Waals surface area contributed by atoms with Gasteiger partial charge >= 0.3 is 0 Å². The molecule has 0 fully saturated rings. The third-order valence-electron chi connectivity index (χ3n) is 2.41. The van der Waals surface area contributed by atoms with Crippen molar-refractivity contribution in [3.8, 4) is 0 Å². The van der Waals surface area contributed by atoms with E-state index in [4.69, 9.17) is 0 Å². The Bertz CT molecular complexity index is 459. The summed E-state index contributed by atoms with van der Waals surface area (Å²) in [7, 11) is 1.95. The second-order valence-corrected chi connectivity index (χ2v) is 3.98. The zero-order valence-corrected chi connectivity index (χ0v) is 9.36. The van der Waals surface area contributed by atoms with Crippen LogP contribution in [0.1, 0.15) is 25.5 Å². The Morgan fingerprint density at radius 2 is 2.20 bits per heavy atom. The van der Waals surface area contributed by atoms with Crippen molar-refractivity contribution >= 4 is 11.0 Å². The minimum Gasteiger partial charge on any atom is -0.316 e. The van der Waals surface area contributed by atoms with Crippen molar-refractivity contribution in [3.63, 3.8) is 0 Å². The summed E-state index contributed by atoms with van der Waals surface area (Å²) in [5.41, 5.74) is 3.33. The first kappa shape index (κ1) is 10.1.